The van der Waals surface area contributed by atoms with Crippen molar-refractivity contribution in [3.8, 4) is 0 Å². The van der Waals surface area contributed by atoms with Gasteiger partial charge in [-0.1, -0.05) is 49.6 Å². The lowest BCUT2D eigenvalue weighted by Crippen LogP contribution is -2.41. The van der Waals surface area contributed by atoms with E-state index in [1.807, 2.05) is 37.3 Å². The summed E-state index contributed by atoms with van der Waals surface area (Å²) in [6, 6.07) is 9.51. The third-order valence-corrected chi connectivity index (χ3v) is 5.05. The maximum Gasteiger partial charge on any atom is 0.220 e. The monoisotopic (exact) mass is 354 g/mol. The third kappa shape index (κ3) is 6.08. The van der Waals surface area contributed by atoms with Gasteiger partial charge in [-0.3, -0.25) is 4.79 Å². The molecule has 2 rings (SSSR count). The van der Waals surface area contributed by atoms with Crippen molar-refractivity contribution in [2.24, 2.45) is 11.1 Å². The molecular formula is C19H31ClN2O2. The van der Waals surface area contributed by atoms with Crippen LogP contribution in [-0.2, 0) is 4.79 Å². The Morgan fingerprint density at radius 3 is 2.46 bits per heavy atom. The van der Waals surface area contributed by atoms with E-state index in [1.165, 1.54) is 19.3 Å². The van der Waals surface area contributed by atoms with Gasteiger partial charge in [0.2, 0.25) is 5.91 Å². The maximum atomic E-state index is 12.4. The lowest BCUT2D eigenvalue weighted by atomic mass is 9.71. The highest BCUT2D eigenvalue weighted by atomic mass is 35.5. The van der Waals surface area contributed by atoms with Crippen LogP contribution in [0.5, 0.6) is 0 Å². The second-order valence-corrected chi connectivity index (χ2v) is 7.07. The van der Waals surface area contributed by atoms with Gasteiger partial charge < -0.3 is 16.2 Å². The Morgan fingerprint density at radius 1 is 1.25 bits per heavy atom. The zero-order valence-electron chi connectivity index (χ0n) is 14.5. The van der Waals surface area contributed by atoms with E-state index in [4.69, 9.17) is 5.73 Å². The first-order valence-corrected chi connectivity index (χ1v) is 8.77. The van der Waals surface area contributed by atoms with Gasteiger partial charge in [-0.2, -0.15) is 0 Å². The van der Waals surface area contributed by atoms with Crippen LogP contribution < -0.4 is 11.1 Å². The molecule has 1 aromatic carbocycles. The molecule has 1 saturated carbocycles. The topological polar surface area (TPSA) is 75.3 Å². The molecule has 5 heteroatoms. The first-order valence-electron chi connectivity index (χ1n) is 8.77. The number of rotatable bonds is 7. The van der Waals surface area contributed by atoms with Gasteiger partial charge in [0.25, 0.3) is 0 Å². The molecule has 1 aliphatic rings. The Bertz CT molecular complexity index is 489. The minimum atomic E-state index is -0.551. The van der Waals surface area contributed by atoms with Gasteiger partial charge in [0.15, 0.2) is 0 Å². The summed E-state index contributed by atoms with van der Waals surface area (Å²) in [6.45, 7) is 2.53. The molecular weight excluding hydrogens is 324 g/mol. The molecule has 24 heavy (non-hydrogen) atoms. The molecule has 0 saturated heterocycles. The number of carbonyl (C=O) groups excluding carboxylic acids is 1. The van der Waals surface area contributed by atoms with Gasteiger partial charge in [0.05, 0.1) is 6.10 Å². The number of benzene rings is 1. The van der Waals surface area contributed by atoms with E-state index in [1.54, 1.807) is 0 Å². The van der Waals surface area contributed by atoms with E-state index in [2.05, 4.69) is 5.32 Å². The molecule has 2 atom stereocenters. The van der Waals surface area contributed by atoms with Crippen LogP contribution in [0.1, 0.15) is 63.5 Å². The molecule has 0 heterocycles. The van der Waals surface area contributed by atoms with Crippen molar-refractivity contribution < 1.29 is 9.90 Å². The normalized spacial score (nSPS) is 19.0. The van der Waals surface area contributed by atoms with Crippen LogP contribution in [-0.4, -0.2) is 23.6 Å². The number of hydrogen-bond donors (Lipinski definition) is 3. The van der Waals surface area contributed by atoms with E-state index in [0.29, 0.717) is 19.4 Å². The highest BCUT2D eigenvalue weighted by Gasteiger charge is 2.33. The van der Waals surface area contributed by atoms with Crippen LogP contribution in [0.15, 0.2) is 30.3 Å². The van der Waals surface area contributed by atoms with Gasteiger partial charge in [-0.05, 0) is 43.7 Å². The van der Waals surface area contributed by atoms with E-state index in [-0.39, 0.29) is 29.8 Å². The quantitative estimate of drug-likeness (QED) is 0.703. The fourth-order valence-corrected chi connectivity index (χ4v) is 3.63. The number of aliphatic hydroxyl groups excluding tert-OH is 1. The number of aliphatic hydroxyl groups is 1. The van der Waals surface area contributed by atoms with Crippen molar-refractivity contribution in [2.45, 2.75) is 64.0 Å². The number of amides is 1. The van der Waals surface area contributed by atoms with Gasteiger partial charge in [0.1, 0.15) is 0 Å². The Balaban J connectivity index is 0.00000288. The molecule has 2 unspecified atom stereocenters. The van der Waals surface area contributed by atoms with Gasteiger partial charge >= 0.3 is 0 Å². The average molecular weight is 355 g/mol. The molecule has 4 nitrogen and oxygen atoms in total. The largest absolute Gasteiger partial charge is 0.388 e. The average Bonchev–Trinajstić information content (AvgIpc) is 2.56. The van der Waals surface area contributed by atoms with Crippen LogP contribution in [0.3, 0.4) is 0 Å². The summed E-state index contributed by atoms with van der Waals surface area (Å²) < 4.78 is 0. The predicted molar refractivity (Wildman–Crippen MR) is 100 cm³/mol. The van der Waals surface area contributed by atoms with Gasteiger partial charge in [-0.25, -0.2) is 0 Å². The second kappa shape index (κ2) is 10.0. The predicted octanol–water partition coefficient (Wildman–Crippen LogP) is 3.34. The minimum Gasteiger partial charge on any atom is -0.388 e. The van der Waals surface area contributed by atoms with E-state index < -0.39 is 6.10 Å². The number of halogens is 1. The van der Waals surface area contributed by atoms with Crippen LogP contribution in [0, 0.1) is 5.41 Å². The van der Waals surface area contributed by atoms with Crippen molar-refractivity contribution in [1.29, 1.82) is 0 Å². The standard InChI is InChI=1S/C19H30N2O2.ClH/c1-15(12-17(22)16-8-4-2-5-9-16)21-18(23)13-19(14-20)10-6-3-7-11-19;/h2,4-5,8-9,15,17,22H,3,6-7,10-14,20H2,1H3,(H,21,23);1H. The van der Waals surface area contributed by atoms with Crippen molar-refractivity contribution in [2.75, 3.05) is 6.54 Å². The molecule has 0 aromatic heterocycles. The summed E-state index contributed by atoms with van der Waals surface area (Å²) in [7, 11) is 0. The molecule has 1 aliphatic carbocycles. The zero-order valence-corrected chi connectivity index (χ0v) is 15.4. The number of nitrogens with two attached hydrogens (primary N) is 1. The van der Waals surface area contributed by atoms with Crippen molar-refractivity contribution in [3.05, 3.63) is 35.9 Å². The fraction of sp³-hybridized carbons (Fsp3) is 0.632. The first-order chi connectivity index (χ1) is 11.0. The molecule has 1 aromatic rings. The smallest absolute Gasteiger partial charge is 0.220 e. The Kier molecular flexibility index (Phi) is 8.74. The fourth-order valence-electron chi connectivity index (χ4n) is 3.63. The van der Waals surface area contributed by atoms with Crippen molar-refractivity contribution >= 4 is 18.3 Å². The highest BCUT2D eigenvalue weighted by molar-refractivity contribution is 5.85. The van der Waals surface area contributed by atoms with Crippen LogP contribution >= 0.6 is 12.4 Å². The molecule has 1 amide bonds. The molecule has 1 fully saturated rings. The van der Waals surface area contributed by atoms with E-state index >= 15 is 0 Å². The lowest BCUT2D eigenvalue weighted by Gasteiger charge is -2.36. The molecule has 0 spiro atoms. The van der Waals surface area contributed by atoms with Crippen LogP contribution in [0.4, 0.5) is 0 Å². The summed E-state index contributed by atoms with van der Waals surface area (Å²) >= 11 is 0. The summed E-state index contributed by atoms with van der Waals surface area (Å²) in [6.07, 6.45) is 6.18. The van der Waals surface area contributed by atoms with Crippen molar-refractivity contribution in [3.63, 3.8) is 0 Å². The first kappa shape index (κ1) is 20.9. The summed E-state index contributed by atoms with van der Waals surface area (Å²) in [4.78, 5) is 12.4. The summed E-state index contributed by atoms with van der Waals surface area (Å²) in [5, 5.41) is 13.3. The summed E-state index contributed by atoms with van der Waals surface area (Å²) in [5.41, 5.74) is 6.83. The zero-order chi connectivity index (χ0) is 16.7. The SMILES string of the molecule is CC(CC(O)c1ccccc1)NC(=O)CC1(CN)CCCCC1.Cl. The Hall–Kier alpha value is -1.10. The number of carbonyl (C=O) groups is 1. The van der Waals surface area contributed by atoms with E-state index in [0.717, 1.165) is 18.4 Å². The number of hydrogen-bond acceptors (Lipinski definition) is 3. The molecule has 0 aliphatic heterocycles. The lowest BCUT2D eigenvalue weighted by molar-refractivity contribution is -0.124. The Morgan fingerprint density at radius 2 is 1.88 bits per heavy atom. The molecule has 136 valence electrons. The third-order valence-electron chi connectivity index (χ3n) is 5.05. The number of nitrogens with one attached hydrogen (secondary N) is 1. The Labute approximate surface area is 151 Å². The second-order valence-electron chi connectivity index (χ2n) is 7.07. The molecule has 4 N–H and O–H groups in total. The summed E-state index contributed by atoms with van der Waals surface area (Å²) in [5.74, 6) is 0.0603. The van der Waals surface area contributed by atoms with Crippen LogP contribution in [0.25, 0.3) is 0 Å². The molecule has 0 bridgehead atoms. The molecule has 0 radical (unpaired) electrons. The van der Waals surface area contributed by atoms with Gasteiger partial charge in [0, 0.05) is 12.5 Å². The van der Waals surface area contributed by atoms with Gasteiger partial charge in [-0.15, -0.1) is 12.4 Å². The highest BCUT2D eigenvalue weighted by Crippen LogP contribution is 2.38. The van der Waals surface area contributed by atoms with Crippen molar-refractivity contribution in [1.82, 2.24) is 5.32 Å². The van der Waals surface area contributed by atoms with E-state index in [9.17, 15) is 9.90 Å². The minimum absolute atomic E-state index is 0. The van der Waals surface area contributed by atoms with Crippen LogP contribution in [0.2, 0.25) is 0 Å². The maximum absolute atomic E-state index is 12.4.